The molecule has 0 saturated carbocycles. The van der Waals surface area contributed by atoms with Gasteiger partial charge in [0.2, 0.25) is 5.91 Å². The molecule has 1 N–H and O–H groups in total. The first-order chi connectivity index (χ1) is 9.58. The van der Waals surface area contributed by atoms with Crippen LogP contribution in [0.25, 0.3) is 0 Å². The summed E-state index contributed by atoms with van der Waals surface area (Å²) in [7, 11) is 0. The summed E-state index contributed by atoms with van der Waals surface area (Å²) in [5, 5.41) is 8.56. The Labute approximate surface area is 117 Å². The van der Waals surface area contributed by atoms with E-state index >= 15 is 0 Å². The number of hydrogen-bond acceptors (Lipinski definition) is 2. The first kappa shape index (κ1) is 14.5. The summed E-state index contributed by atoms with van der Waals surface area (Å²) >= 11 is 0. The second-order valence-electron chi connectivity index (χ2n) is 5.02. The number of aryl methyl sites for hydroxylation is 1. The fourth-order valence-electron chi connectivity index (χ4n) is 2.50. The van der Waals surface area contributed by atoms with Crippen LogP contribution in [0.2, 0.25) is 0 Å². The molecule has 4 nitrogen and oxygen atoms in total. The summed E-state index contributed by atoms with van der Waals surface area (Å²) in [4.78, 5) is 24.1. The van der Waals surface area contributed by atoms with E-state index in [2.05, 4.69) is 0 Å². The molecule has 5 heteroatoms. The number of hydrogen-bond donors (Lipinski definition) is 1. The lowest BCUT2D eigenvalue weighted by atomic mass is 10.0. The Morgan fingerprint density at radius 3 is 2.80 bits per heavy atom. The lowest BCUT2D eigenvalue weighted by Crippen LogP contribution is -2.35. The van der Waals surface area contributed by atoms with Crippen molar-refractivity contribution in [3.63, 3.8) is 0 Å². The van der Waals surface area contributed by atoms with Crippen molar-refractivity contribution in [2.75, 3.05) is 11.4 Å². The molecule has 2 rings (SSSR count). The minimum absolute atomic E-state index is 0.0577. The molecule has 0 atom stereocenters. The van der Waals surface area contributed by atoms with Crippen molar-refractivity contribution < 1.29 is 19.1 Å². The maximum atomic E-state index is 13.2. The molecule has 1 aromatic carbocycles. The first-order valence-electron chi connectivity index (χ1n) is 6.88. The number of fused-ring (bicyclic) bond motifs is 1. The summed E-state index contributed by atoms with van der Waals surface area (Å²) in [6, 6.07) is 4.51. The average Bonchev–Trinajstić information content (AvgIpc) is 2.40. The minimum Gasteiger partial charge on any atom is -0.481 e. The van der Waals surface area contributed by atoms with Crippen molar-refractivity contribution in [2.24, 2.45) is 0 Å². The third-order valence-electron chi connectivity index (χ3n) is 3.51. The molecule has 108 valence electrons. The molecule has 0 fully saturated rings. The number of carbonyl (C=O) groups is 2. The molecule has 0 aromatic heterocycles. The highest BCUT2D eigenvalue weighted by Gasteiger charge is 2.23. The van der Waals surface area contributed by atoms with Gasteiger partial charge in [-0.25, -0.2) is 4.39 Å². The number of nitrogens with zero attached hydrogens (tertiary/aromatic N) is 1. The number of unbranched alkanes of at least 4 members (excludes halogenated alkanes) is 2. The SMILES string of the molecule is O=C(O)CCCCCN1C(=O)CCc2cc(F)ccc21. The zero-order valence-corrected chi connectivity index (χ0v) is 11.3. The van der Waals surface area contributed by atoms with Crippen LogP contribution in [0.4, 0.5) is 10.1 Å². The Morgan fingerprint density at radius 1 is 1.25 bits per heavy atom. The molecular formula is C15H18FNO3. The molecule has 1 heterocycles. The number of rotatable bonds is 6. The van der Waals surface area contributed by atoms with E-state index in [1.54, 1.807) is 11.0 Å². The van der Waals surface area contributed by atoms with Crippen LogP contribution in [-0.2, 0) is 16.0 Å². The monoisotopic (exact) mass is 279 g/mol. The molecule has 20 heavy (non-hydrogen) atoms. The van der Waals surface area contributed by atoms with Crippen molar-refractivity contribution in [1.82, 2.24) is 0 Å². The standard InChI is InChI=1S/C15H18FNO3/c16-12-6-7-13-11(10-12)5-8-14(18)17(13)9-3-1-2-4-15(19)20/h6-7,10H,1-5,8-9H2,(H,19,20). The summed E-state index contributed by atoms with van der Waals surface area (Å²) in [5.74, 6) is -1.01. The van der Waals surface area contributed by atoms with Gasteiger partial charge in [-0.3, -0.25) is 9.59 Å². The number of anilines is 1. The second kappa shape index (κ2) is 6.50. The van der Waals surface area contributed by atoms with Gasteiger partial charge in [0.15, 0.2) is 0 Å². The Hall–Kier alpha value is -1.91. The molecule has 0 aliphatic carbocycles. The molecule has 1 aliphatic heterocycles. The Balaban J connectivity index is 1.94. The largest absolute Gasteiger partial charge is 0.481 e. The van der Waals surface area contributed by atoms with E-state index in [0.717, 1.165) is 24.1 Å². The van der Waals surface area contributed by atoms with Gasteiger partial charge in [-0.2, -0.15) is 0 Å². The summed E-state index contributed by atoms with van der Waals surface area (Å²) in [6.07, 6.45) is 3.30. The van der Waals surface area contributed by atoms with Crippen LogP contribution >= 0.6 is 0 Å². The van der Waals surface area contributed by atoms with Gasteiger partial charge < -0.3 is 10.0 Å². The van der Waals surface area contributed by atoms with Crippen LogP contribution in [-0.4, -0.2) is 23.5 Å². The number of aliphatic carboxylic acids is 1. The van der Waals surface area contributed by atoms with Gasteiger partial charge in [-0.15, -0.1) is 0 Å². The molecule has 0 saturated heterocycles. The number of amides is 1. The zero-order valence-electron chi connectivity index (χ0n) is 11.3. The zero-order chi connectivity index (χ0) is 14.5. The topological polar surface area (TPSA) is 57.6 Å². The van der Waals surface area contributed by atoms with Crippen molar-refractivity contribution in [3.8, 4) is 0 Å². The molecular weight excluding hydrogens is 261 g/mol. The normalized spacial score (nSPS) is 14.2. The predicted molar refractivity (Wildman–Crippen MR) is 73.2 cm³/mol. The average molecular weight is 279 g/mol. The van der Waals surface area contributed by atoms with Crippen LogP contribution in [0.15, 0.2) is 18.2 Å². The quantitative estimate of drug-likeness (QED) is 0.815. The third-order valence-corrected chi connectivity index (χ3v) is 3.51. The maximum absolute atomic E-state index is 13.2. The lowest BCUT2D eigenvalue weighted by Gasteiger charge is -2.29. The molecule has 1 amide bonds. The fraction of sp³-hybridized carbons (Fsp3) is 0.467. The maximum Gasteiger partial charge on any atom is 0.303 e. The third kappa shape index (κ3) is 3.56. The van der Waals surface area contributed by atoms with E-state index in [-0.39, 0.29) is 18.1 Å². The number of carbonyl (C=O) groups excluding carboxylic acids is 1. The van der Waals surface area contributed by atoms with Gasteiger partial charge in [0.1, 0.15) is 5.82 Å². The summed E-state index contributed by atoms with van der Waals surface area (Å²) in [6.45, 7) is 0.567. The van der Waals surface area contributed by atoms with Crippen molar-refractivity contribution in [3.05, 3.63) is 29.6 Å². The smallest absolute Gasteiger partial charge is 0.303 e. The van der Waals surface area contributed by atoms with Gasteiger partial charge in [0.25, 0.3) is 0 Å². The van der Waals surface area contributed by atoms with Crippen LogP contribution in [0.1, 0.15) is 37.7 Å². The Kier molecular flexibility index (Phi) is 4.71. The van der Waals surface area contributed by atoms with E-state index in [4.69, 9.17) is 5.11 Å². The lowest BCUT2D eigenvalue weighted by molar-refractivity contribution is -0.137. The Bertz CT molecular complexity index is 516. The Morgan fingerprint density at radius 2 is 2.05 bits per heavy atom. The number of halogens is 1. The van der Waals surface area contributed by atoms with Gasteiger partial charge in [-0.05, 0) is 43.0 Å². The van der Waals surface area contributed by atoms with Crippen LogP contribution < -0.4 is 4.90 Å². The van der Waals surface area contributed by atoms with Gasteiger partial charge >= 0.3 is 5.97 Å². The van der Waals surface area contributed by atoms with E-state index in [1.807, 2.05) is 0 Å². The van der Waals surface area contributed by atoms with Crippen LogP contribution in [0, 0.1) is 5.82 Å². The van der Waals surface area contributed by atoms with Crippen LogP contribution in [0.3, 0.4) is 0 Å². The van der Waals surface area contributed by atoms with Gasteiger partial charge in [-0.1, -0.05) is 6.42 Å². The van der Waals surface area contributed by atoms with E-state index in [1.165, 1.54) is 12.1 Å². The van der Waals surface area contributed by atoms with Gasteiger partial charge in [0, 0.05) is 25.1 Å². The van der Waals surface area contributed by atoms with Crippen LogP contribution in [0.5, 0.6) is 0 Å². The first-order valence-corrected chi connectivity index (χ1v) is 6.88. The number of carboxylic acids is 1. The van der Waals surface area contributed by atoms with Crippen molar-refractivity contribution in [1.29, 1.82) is 0 Å². The van der Waals surface area contributed by atoms with Crippen molar-refractivity contribution >= 4 is 17.6 Å². The second-order valence-corrected chi connectivity index (χ2v) is 5.02. The van der Waals surface area contributed by atoms with Crippen molar-refractivity contribution in [2.45, 2.75) is 38.5 Å². The van der Waals surface area contributed by atoms with Gasteiger partial charge in [0.05, 0.1) is 0 Å². The fourth-order valence-corrected chi connectivity index (χ4v) is 2.50. The molecule has 1 aliphatic rings. The highest BCUT2D eigenvalue weighted by Crippen LogP contribution is 2.28. The molecule has 1 aromatic rings. The molecule has 0 unspecified atom stereocenters. The number of benzene rings is 1. The van der Waals surface area contributed by atoms with E-state index < -0.39 is 5.97 Å². The summed E-state index contributed by atoms with van der Waals surface area (Å²) < 4.78 is 13.2. The number of carboxylic acid groups (broad SMARTS) is 1. The van der Waals surface area contributed by atoms with E-state index in [9.17, 15) is 14.0 Å². The predicted octanol–water partition coefficient (Wildman–Crippen LogP) is 2.75. The minimum atomic E-state index is -0.792. The van der Waals surface area contributed by atoms with E-state index in [0.29, 0.717) is 25.8 Å². The highest BCUT2D eigenvalue weighted by molar-refractivity contribution is 5.96. The summed E-state index contributed by atoms with van der Waals surface area (Å²) in [5.41, 5.74) is 1.66. The molecule has 0 radical (unpaired) electrons. The molecule has 0 spiro atoms. The molecule has 0 bridgehead atoms. The highest BCUT2D eigenvalue weighted by atomic mass is 19.1.